The van der Waals surface area contributed by atoms with E-state index in [9.17, 15) is 8.42 Å². The fourth-order valence-electron chi connectivity index (χ4n) is 1.93. The van der Waals surface area contributed by atoms with Crippen molar-refractivity contribution < 1.29 is 8.42 Å². The molecule has 1 aromatic rings. The summed E-state index contributed by atoms with van der Waals surface area (Å²) in [6.45, 7) is 2.30. The average Bonchev–Trinajstić information content (AvgIpc) is 3.13. The van der Waals surface area contributed by atoms with Gasteiger partial charge in [-0.15, -0.1) is 0 Å². The van der Waals surface area contributed by atoms with E-state index in [4.69, 9.17) is 18.0 Å². The predicted molar refractivity (Wildman–Crippen MR) is 79.5 cm³/mol. The number of thiocarbonyl (C=S) groups is 1. The summed E-state index contributed by atoms with van der Waals surface area (Å²) in [5, 5.41) is 0. The van der Waals surface area contributed by atoms with E-state index < -0.39 is 10.0 Å². The Morgan fingerprint density at radius 1 is 1.37 bits per heavy atom. The zero-order chi connectivity index (χ0) is 14.0. The Kier molecular flexibility index (Phi) is 4.23. The minimum Gasteiger partial charge on any atom is -0.393 e. The molecule has 1 aromatic carbocycles. The monoisotopic (exact) mass is 298 g/mol. The Hall–Kier alpha value is -0.980. The van der Waals surface area contributed by atoms with Crippen molar-refractivity contribution >= 4 is 27.2 Å². The Morgan fingerprint density at radius 2 is 1.95 bits per heavy atom. The van der Waals surface area contributed by atoms with E-state index in [0.717, 1.165) is 18.4 Å². The fourth-order valence-corrected chi connectivity index (χ4v) is 3.70. The molecule has 19 heavy (non-hydrogen) atoms. The lowest BCUT2D eigenvalue weighted by Gasteiger charge is -2.21. The summed E-state index contributed by atoms with van der Waals surface area (Å²) in [6, 6.07) is 7.04. The van der Waals surface area contributed by atoms with Gasteiger partial charge in [-0.05, 0) is 31.9 Å². The van der Waals surface area contributed by atoms with Gasteiger partial charge in [0.05, 0.1) is 9.88 Å². The van der Waals surface area contributed by atoms with Gasteiger partial charge in [-0.3, -0.25) is 0 Å². The third-order valence-corrected chi connectivity index (χ3v) is 5.33. The van der Waals surface area contributed by atoms with Crippen LogP contribution in [0.1, 0.15) is 24.8 Å². The first-order valence-electron chi connectivity index (χ1n) is 6.28. The maximum Gasteiger partial charge on any atom is 0.243 e. The highest BCUT2D eigenvalue weighted by Crippen LogP contribution is 2.32. The number of rotatable bonds is 6. The van der Waals surface area contributed by atoms with Gasteiger partial charge in [-0.25, -0.2) is 8.42 Å². The molecule has 0 aliphatic heterocycles. The molecule has 0 spiro atoms. The van der Waals surface area contributed by atoms with Crippen molar-refractivity contribution in [2.45, 2.75) is 37.1 Å². The zero-order valence-electron chi connectivity index (χ0n) is 10.9. The Morgan fingerprint density at radius 3 is 2.42 bits per heavy atom. The molecule has 0 saturated heterocycles. The normalized spacial score (nSPS) is 15.7. The number of aryl methyl sites for hydroxylation is 1. The second-order valence-corrected chi connectivity index (χ2v) is 7.29. The summed E-state index contributed by atoms with van der Waals surface area (Å²) in [6.07, 6.45) is 2.27. The molecule has 0 heterocycles. The van der Waals surface area contributed by atoms with Crippen LogP contribution in [-0.4, -0.2) is 30.3 Å². The van der Waals surface area contributed by atoms with Crippen LogP contribution in [0.4, 0.5) is 0 Å². The molecule has 1 aliphatic carbocycles. The minimum absolute atomic E-state index is 0.112. The zero-order valence-corrected chi connectivity index (χ0v) is 12.5. The maximum absolute atomic E-state index is 12.6. The van der Waals surface area contributed by atoms with Crippen molar-refractivity contribution in [1.82, 2.24) is 4.31 Å². The molecule has 0 amide bonds. The van der Waals surface area contributed by atoms with Crippen LogP contribution in [0.15, 0.2) is 29.2 Å². The molecule has 0 aromatic heterocycles. The van der Waals surface area contributed by atoms with Crippen LogP contribution in [0.25, 0.3) is 0 Å². The number of hydrogen-bond acceptors (Lipinski definition) is 3. The highest BCUT2D eigenvalue weighted by Gasteiger charge is 2.37. The summed E-state index contributed by atoms with van der Waals surface area (Å²) in [4.78, 5) is 0.692. The van der Waals surface area contributed by atoms with Gasteiger partial charge in [0, 0.05) is 19.0 Å². The Labute approximate surface area is 119 Å². The van der Waals surface area contributed by atoms with E-state index in [2.05, 4.69) is 0 Å². The van der Waals surface area contributed by atoms with Gasteiger partial charge in [-0.1, -0.05) is 29.9 Å². The van der Waals surface area contributed by atoms with Crippen LogP contribution in [0.5, 0.6) is 0 Å². The predicted octanol–water partition coefficient (Wildman–Crippen LogP) is 1.82. The Bertz CT molecular complexity index is 563. The molecule has 0 unspecified atom stereocenters. The lowest BCUT2D eigenvalue weighted by atomic mass is 10.2. The van der Waals surface area contributed by atoms with E-state index >= 15 is 0 Å². The first kappa shape index (κ1) is 14.4. The lowest BCUT2D eigenvalue weighted by molar-refractivity contribution is 0.413. The fraction of sp³-hybridized carbons (Fsp3) is 0.462. The molecule has 2 N–H and O–H groups in total. The molecule has 4 nitrogen and oxygen atoms in total. The molecule has 2 rings (SSSR count). The van der Waals surface area contributed by atoms with Gasteiger partial charge in [0.1, 0.15) is 0 Å². The molecular formula is C13H18N2O2S2. The standard InChI is InChI=1S/C13H18N2O2S2/c1-10-2-6-12(7-3-10)19(16,17)15(11-4-5-11)9-8-13(14)18/h2-3,6-7,11H,4-5,8-9H2,1H3,(H2,14,18). The molecule has 1 aliphatic rings. The summed E-state index contributed by atoms with van der Waals surface area (Å²) < 4.78 is 26.7. The molecule has 6 heteroatoms. The smallest absolute Gasteiger partial charge is 0.243 e. The quantitative estimate of drug-likeness (QED) is 0.814. The third kappa shape index (κ3) is 3.52. The lowest BCUT2D eigenvalue weighted by Crippen LogP contribution is -2.35. The summed E-state index contributed by atoms with van der Waals surface area (Å²) >= 11 is 4.83. The third-order valence-electron chi connectivity index (χ3n) is 3.16. The number of nitrogens with zero attached hydrogens (tertiary/aromatic N) is 1. The van der Waals surface area contributed by atoms with Gasteiger partial charge in [-0.2, -0.15) is 4.31 Å². The number of benzene rings is 1. The van der Waals surface area contributed by atoms with Crippen molar-refractivity contribution in [2.24, 2.45) is 5.73 Å². The van der Waals surface area contributed by atoms with Crippen molar-refractivity contribution in [2.75, 3.05) is 6.54 Å². The number of nitrogens with two attached hydrogens (primary N) is 1. The average molecular weight is 298 g/mol. The van der Waals surface area contributed by atoms with Gasteiger partial charge < -0.3 is 5.73 Å². The van der Waals surface area contributed by atoms with E-state index in [-0.39, 0.29) is 6.04 Å². The SMILES string of the molecule is Cc1ccc(S(=O)(=O)N(CCC(N)=S)C2CC2)cc1. The summed E-state index contributed by atoms with van der Waals surface area (Å²) in [5.74, 6) is 0. The molecule has 0 bridgehead atoms. The molecular weight excluding hydrogens is 280 g/mol. The minimum atomic E-state index is -3.43. The van der Waals surface area contributed by atoms with E-state index in [1.54, 1.807) is 12.1 Å². The van der Waals surface area contributed by atoms with Crippen LogP contribution in [0, 0.1) is 6.92 Å². The largest absolute Gasteiger partial charge is 0.393 e. The molecule has 0 radical (unpaired) electrons. The van der Waals surface area contributed by atoms with E-state index in [1.807, 2.05) is 19.1 Å². The number of sulfonamides is 1. The van der Waals surface area contributed by atoms with Gasteiger partial charge in [0.2, 0.25) is 10.0 Å². The van der Waals surface area contributed by atoms with Crippen LogP contribution < -0.4 is 5.73 Å². The molecule has 104 valence electrons. The van der Waals surface area contributed by atoms with Gasteiger partial charge in [0.15, 0.2) is 0 Å². The number of hydrogen-bond donors (Lipinski definition) is 1. The highest BCUT2D eigenvalue weighted by molar-refractivity contribution is 7.89. The first-order valence-corrected chi connectivity index (χ1v) is 8.13. The summed E-state index contributed by atoms with van der Waals surface area (Å²) in [5.41, 5.74) is 6.51. The topological polar surface area (TPSA) is 63.4 Å². The summed E-state index contributed by atoms with van der Waals surface area (Å²) in [7, 11) is -3.43. The van der Waals surface area contributed by atoms with Crippen LogP contribution in [0.2, 0.25) is 0 Å². The van der Waals surface area contributed by atoms with Crippen molar-refractivity contribution in [3.63, 3.8) is 0 Å². The highest BCUT2D eigenvalue weighted by atomic mass is 32.2. The van der Waals surface area contributed by atoms with Crippen molar-refractivity contribution in [3.05, 3.63) is 29.8 Å². The Balaban J connectivity index is 2.23. The molecule has 0 atom stereocenters. The second kappa shape index (κ2) is 5.56. The molecule has 1 saturated carbocycles. The van der Waals surface area contributed by atoms with Crippen molar-refractivity contribution in [1.29, 1.82) is 0 Å². The van der Waals surface area contributed by atoms with Gasteiger partial charge >= 0.3 is 0 Å². The van der Waals surface area contributed by atoms with Gasteiger partial charge in [0.25, 0.3) is 0 Å². The second-order valence-electron chi connectivity index (χ2n) is 4.88. The molecule has 1 fully saturated rings. The van der Waals surface area contributed by atoms with Crippen LogP contribution in [0.3, 0.4) is 0 Å². The van der Waals surface area contributed by atoms with Crippen molar-refractivity contribution in [3.8, 4) is 0 Å². The van der Waals surface area contributed by atoms with Crippen LogP contribution >= 0.6 is 12.2 Å². The first-order chi connectivity index (χ1) is 8.91. The van der Waals surface area contributed by atoms with Crippen LogP contribution in [-0.2, 0) is 10.0 Å². The van der Waals surface area contributed by atoms with E-state index in [0.29, 0.717) is 22.8 Å². The van der Waals surface area contributed by atoms with E-state index in [1.165, 1.54) is 4.31 Å². The maximum atomic E-state index is 12.6.